The number of benzene rings is 1. The van der Waals surface area contributed by atoms with Crippen LogP contribution in [0.25, 0.3) is 0 Å². The Bertz CT molecular complexity index is 811. The molecule has 2 heterocycles. The molecular weight excluding hydrogens is 326 g/mol. The SMILES string of the molecule is CS(=O)(=O)Cc1ccc(C(=O)N2CCC[C@H]2Cc2ccccc2)o1. The van der Waals surface area contributed by atoms with E-state index in [2.05, 4.69) is 12.1 Å². The maximum absolute atomic E-state index is 12.7. The zero-order valence-corrected chi connectivity index (χ0v) is 14.5. The van der Waals surface area contributed by atoms with E-state index in [1.54, 1.807) is 12.1 Å². The third-order valence-corrected chi connectivity index (χ3v) is 5.04. The minimum atomic E-state index is -3.18. The first-order chi connectivity index (χ1) is 11.4. The lowest BCUT2D eigenvalue weighted by Crippen LogP contribution is -2.36. The van der Waals surface area contributed by atoms with Gasteiger partial charge in [0.15, 0.2) is 15.6 Å². The van der Waals surface area contributed by atoms with Gasteiger partial charge in [-0.2, -0.15) is 0 Å². The Balaban J connectivity index is 1.71. The number of amides is 1. The number of sulfone groups is 1. The zero-order valence-electron chi connectivity index (χ0n) is 13.6. The molecule has 2 aromatic rings. The van der Waals surface area contributed by atoms with E-state index >= 15 is 0 Å². The molecule has 1 atom stereocenters. The first-order valence-electron chi connectivity index (χ1n) is 8.04. The van der Waals surface area contributed by atoms with Gasteiger partial charge in [-0.1, -0.05) is 30.3 Å². The molecule has 0 spiro atoms. The van der Waals surface area contributed by atoms with Crippen LogP contribution in [0.2, 0.25) is 0 Å². The monoisotopic (exact) mass is 347 g/mol. The van der Waals surface area contributed by atoms with E-state index < -0.39 is 9.84 Å². The molecule has 1 aromatic heterocycles. The van der Waals surface area contributed by atoms with Gasteiger partial charge < -0.3 is 9.32 Å². The van der Waals surface area contributed by atoms with Crippen LogP contribution >= 0.6 is 0 Å². The molecule has 0 bridgehead atoms. The fourth-order valence-corrected chi connectivity index (χ4v) is 3.84. The molecule has 1 fully saturated rings. The highest BCUT2D eigenvalue weighted by Crippen LogP contribution is 2.24. The van der Waals surface area contributed by atoms with Crippen molar-refractivity contribution in [3.05, 3.63) is 59.5 Å². The topological polar surface area (TPSA) is 67.6 Å². The fourth-order valence-electron chi connectivity index (χ4n) is 3.17. The average molecular weight is 347 g/mol. The van der Waals surface area contributed by atoms with Crippen LogP contribution in [-0.4, -0.2) is 38.1 Å². The third-order valence-electron chi connectivity index (χ3n) is 4.23. The van der Waals surface area contributed by atoms with Gasteiger partial charge in [0.05, 0.1) is 0 Å². The Morgan fingerprint density at radius 3 is 2.67 bits per heavy atom. The second-order valence-electron chi connectivity index (χ2n) is 6.32. The molecular formula is C18H21NO4S. The number of hydrogen-bond donors (Lipinski definition) is 0. The lowest BCUT2D eigenvalue weighted by atomic mass is 10.0. The van der Waals surface area contributed by atoms with Crippen molar-refractivity contribution in [1.82, 2.24) is 4.90 Å². The summed E-state index contributed by atoms with van der Waals surface area (Å²) in [5.41, 5.74) is 1.21. The molecule has 0 aliphatic carbocycles. The number of carbonyl (C=O) groups is 1. The van der Waals surface area contributed by atoms with E-state index in [0.717, 1.165) is 25.5 Å². The number of likely N-dealkylation sites (tertiary alicyclic amines) is 1. The van der Waals surface area contributed by atoms with Crippen LogP contribution in [0.5, 0.6) is 0 Å². The van der Waals surface area contributed by atoms with Crippen LogP contribution < -0.4 is 0 Å². The largest absolute Gasteiger partial charge is 0.455 e. The van der Waals surface area contributed by atoms with Crippen molar-refractivity contribution in [2.45, 2.75) is 31.1 Å². The standard InChI is InChI=1S/C18H21NO4S/c1-24(21,22)13-16-9-10-17(23-16)18(20)19-11-5-8-15(19)12-14-6-3-2-4-7-14/h2-4,6-7,9-10,15H,5,8,11-13H2,1H3/t15-/m0/s1. The molecule has 1 saturated heterocycles. The summed E-state index contributed by atoms with van der Waals surface area (Å²) < 4.78 is 28.1. The number of furan rings is 1. The van der Waals surface area contributed by atoms with E-state index in [1.807, 2.05) is 23.1 Å². The van der Waals surface area contributed by atoms with E-state index in [-0.39, 0.29) is 23.5 Å². The van der Waals surface area contributed by atoms with Crippen molar-refractivity contribution < 1.29 is 17.6 Å². The predicted octanol–water partition coefficient (Wildman–Crippen LogP) is 2.67. The van der Waals surface area contributed by atoms with Crippen molar-refractivity contribution >= 4 is 15.7 Å². The summed E-state index contributed by atoms with van der Waals surface area (Å²) >= 11 is 0. The van der Waals surface area contributed by atoms with Crippen LogP contribution in [0.15, 0.2) is 46.9 Å². The predicted molar refractivity (Wildman–Crippen MR) is 91.5 cm³/mol. The summed E-state index contributed by atoms with van der Waals surface area (Å²) in [5, 5.41) is 0. The molecule has 0 unspecified atom stereocenters. The lowest BCUT2D eigenvalue weighted by molar-refractivity contribution is 0.0702. The van der Waals surface area contributed by atoms with Crippen LogP contribution in [0.1, 0.15) is 34.7 Å². The maximum atomic E-state index is 12.7. The third kappa shape index (κ3) is 4.06. The molecule has 0 N–H and O–H groups in total. The van der Waals surface area contributed by atoms with Gasteiger partial charge in [0.2, 0.25) is 0 Å². The van der Waals surface area contributed by atoms with Crippen molar-refractivity contribution in [3.8, 4) is 0 Å². The molecule has 3 rings (SSSR count). The van der Waals surface area contributed by atoms with Gasteiger partial charge >= 0.3 is 0 Å². The first-order valence-corrected chi connectivity index (χ1v) is 10.1. The maximum Gasteiger partial charge on any atom is 0.289 e. The zero-order chi connectivity index (χ0) is 17.2. The highest BCUT2D eigenvalue weighted by Gasteiger charge is 2.31. The number of rotatable bonds is 5. The Morgan fingerprint density at radius 2 is 1.96 bits per heavy atom. The molecule has 24 heavy (non-hydrogen) atoms. The molecule has 1 amide bonds. The number of hydrogen-bond acceptors (Lipinski definition) is 4. The van der Waals surface area contributed by atoms with Gasteiger partial charge in [0.1, 0.15) is 11.5 Å². The van der Waals surface area contributed by atoms with Crippen molar-refractivity contribution in [3.63, 3.8) is 0 Å². The normalized spacial score (nSPS) is 18.0. The van der Waals surface area contributed by atoms with Crippen molar-refractivity contribution in [2.24, 2.45) is 0 Å². The first kappa shape index (κ1) is 16.8. The summed E-state index contributed by atoms with van der Waals surface area (Å²) in [6, 6.07) is 13.4. The summed E-state index contributed by atoms with van der Waals surface area (Å²) in [6.45, 7) is 0.707. The van der Waals surface area contributed by atoms with Gasteiger partial charge in [-0.15, -0.1) is 0 Å². The molecule has 5 nitrogen and oxygen atoms in total. The summed E-state index contributed by atoms with van der Waals surface area (Å²) in [4.78, 5) is 14.6. The molecule has 1 aliphatic heterocycles. The summed E-state index contributed by atoms with van der Waals surface area (Å²) in [5.74, 6) is 0.176. The highest BCUT2D eigenvalue weighted by molar-refractivity contribution is 7.89. The fraction of sp³-hybridized carbons (Fsp3) is 0.389. The van der Waals surface area contributed by atoms with Gasteiger partial charge in [-0.05, 0) is 37.0 Å². The van der Waals surface area contributed by atoms with Crippen LogP contribution in [-0.2, 0) is 22.0 Å². The Labute approximate surface area is 142 Å². The Morgan fingerprint density at radius 1 is 1.21 bits per heavy atom. The van der Waals surface area contributed by atoms with Crippen molar-refractivity contribution in [2.75, 3.05) is 12.8 Å². The van der Waals surface area contributed by atoms with Gasteiger partial charge in [0, 0.05) is 18.8 Å². The minimum absolute atomic E-state index is 0.156. The van der Waals surface area contributed by atoms with E-state index in [0.29, 0.717) is 12.3 Å². The van der Waals surface area contributed by atoms with E-state index in [4.69, 9.17) is 4.42 Å². The second-order valence-corrected chi connectivity index (χ2v) is 8.46. The molecule has 128 valence electrons. The van der Waals surface area contributed by atoms with Gasteiger partial charge in [0.25, 0.3) is 5.91 Å². The summed E-state index contributed by atoms with van der Waals surface area (Å²) in [6.07, 6.45) is 3.91. The van der Waals surface area contributed by atoms with Crippen LogP contribution in [0, 0.1) is 0 Å². The molecule has 0 radical (unpaired) electrons. The highest BCUT2D eigenvalue weighted by atomic mass is 32.2. The average Bonchev–Trinajstić information content (AvgIpc) is 3.15. The van der Waals surface area contributed by atoms with Crippen LogP contribution in [0.4, 0.5) is 0 Å². The molecule has 1 aliphatic rings. The van der Waals surface area contributed by atoms with E-state index in [9.17, 15) is 13.2 Å². The lowest BCUT2D eigenvalue weighted by Gasteiger charge is -2.24. The quantitative estimate of drug-likeness (QED) is 0.834. The molecule has 6 heteroatoms. The molecule has 1 aromatic carbocycles. The van der Waals surface area contributed by atoms with Crippen molar-refractivity contribution in [1.29, 1.82) is 0 Å². The second kappa shape index (κ2) is 6.81. The van der Waals surface area contributed by atoms with Crippen LogP contribution in [0.3, 0.4) is 0 Å². The molecule has 0 saturated carbocycles. The number of nitrogens with zero attached hydrogens (tertiary/aromatic N) is 1. The Kier molecular flexibility index (Phi) is 4.76. The smallest absolute Gasteiger partial charge is 0.289 e. The summed E-state index contributed by atoms with van der Waals surface area (Å²) in [7, 11) is -3.18. The van der Waals surface area contributed by atoms with Gasteiger partial charge in [-0.3, -0.25) is 4.79 Å². The Hall–Kier alpha value is -2.08. The van der Waals surface area contributed by atoms with E-state index in [1.165, 1.54) is 5.56 Å². The number of carbonyl (C=O) groups excluding carboxylic acids is 1. The minimum Gasteiger partial charge on any atom is -0.455 e. The van der Waals surface area contributed by atoms with Gasteiger partial charge in [-0.25, -0.2) is 8.42 Å².